The zero-order valence-corrected chi connectivity index (χ0v) is 15.9. The van der Waals surface area contributed by atoms with Gasteiger partial charge in [-0.1, -0.05) is 30.3 Å². The molecule has 3 rings (SSSR count). The van der Waals surface area contributed by atoms with Crippen LogP contribution in [-0.4, -0.2) is 22.5 Å². The van der Waals surface area contributed by atoms with Crippen LogP contribution in [0.1, 0.15) is 42.9 Å². The first kappa shape index (κ1) is 18.2. The molecule has 0 aliphatic heterocycles. The number of hydrogen-bond acceptors (Lipinski definition) is 4. The van der Waals surface area contributed by atoms with Crippen molar-refractivity contribution >= 4 is 33.4 Å². The first-order valence-electron chi connectivity index (χ1n) is 8.57. The summed E-state index contributed by atoms with van der Waals surface area (Å²) in [5, 5.41) is 5.88. The lowest BCUT2D eigenvalue weighted by Gasteiger charge is -2.16. The van der Waals surface area contributed by atoms with Gasteiger partial charge >= 0.3 is 5.97 Å². The molecular formula is C20H22N2O3S. The summed E-state index contributed by atoms with van der Waals surface area (Å²) in [5.74, 6) is -0.557. The Hall–Kier alpha value is -2.60. The summed E-state index contributed by atoms with van der Waals surface area (Å²) in [4.78, 5) is 25.9. The number of thiophene rings is 1. The number of carbonyl (C=O) groups excluding carboxylic acids is 2. The number of esters is 1. The van der Waals surface area contributed by atoms with Gasteiger partial charge in [0.1, 0.15) is 17.1 Å². The van der Waals surface area contributed by atoms with Gasteiger partial charge in [0.2, 0.25) is 5.91 Å². The van der Waals surface area contributed by atoms with Crippen LogP contribution in [-0.2, 0) is 16.1 Å². The average molecular weight is 370 g/mol. The summed E-state index contributed by atoms with van der Waals surface area (Å²) in [5.41, 5.74) is 1.44. The van der Waals surface area contributed by atoms with Gasteiger partial charge in [0, 0.05) is 5.39 Å². The monoisotopic (exact) mass is 370 g/mol. The minimum absolute atomic E-state index is 0.0731. The quantitative estimate of drug-likeness (QED) is 0.663. The van der Waals surface area contributed by atoms with E-state index in [9.17, 15) is 9.59 Å². The molecule has 0 bridgehead atoms. The Balaban J connectivity index is 1.80. The van der Waals surface area contributed by atoms with Crippen molar-refractivity contribution in [2.45, 2.75) is 39.5 Å². The topological polar surface area (TPSA) is 60.3 Å². The maximum absolute atomic E-state index is 12.6. The van der Waals surface area contributed by atoms with Crippen LogP contribution in [0.25, 0.3) is 10.2 Å². The van der Waals surface area contributed by atoms with Crippen molar-refractivity contribution in [3.63, 3.8) is 0 Å². The summed E-state index contributed by atoms with van der Waals surface area (Å²) in [7, 11) is 0. The maximum Gasteiger partial charge on any atom is 0.355 e. The second-order valence-electron chi connectivity index (χ2n) is 6.45. The van der Waals surface area contributed by atoms with E-state index in [-0.39, 0.29) is 24.6 Å². The molecule has 0 saturated carbocycles. The third kappa shape index (κ3) is 3.96. The molecule has 26 heavy (non-hydrogen) atoms. The number of hydrogen-bond donors (Lipinski definition) is 1. The number of benzene rings is 1. The minimum atomic E-state index is -0.410. The first-order chi connectivity index (χ1) is 12.5. The second-order valence-corrected chi connectivity index (χ2v) is 7.35. The van der Waals surface area contributed by atoms with Gasteiger partial charge in [-0.15, -0.1) is 11.3 Å². The highest BCUT2D eigenvalue weighted by molar-refractivity contribution is 7.16. The number of aromatic nitrogens is 1. The molecule has 0 fully saturated rings. The van der Waals surface area contributed by atoms with Crippen LogP contribution in [0, 0.1) is 0 Å². The molecule has 1 unspecified atom stereocenters. The molecular weight excluding hydrogens is 348 g/mol. The highest BCUT2D eigenvalue weighted by Crippen LogP contribution is 2.26. The number of ether oxygens (including phenoxy) is 1. The van der Waals surface area contributed by atoms with Crippen molar-refractivity contribution in [2.75, 3.05) is 0 Å². The van der Waals surface area contributed by atoms with E-state index in [0.29, 0.717) is 5.69 Å². The Bertz CT molecular complexity index is 912. The van der Waals surface area contributed by atoms with Gasteiger partial charge in [-0.05, 0) is 43.8 Å². The fourth-order valence-electron chi connectivity index (χ4n) is 2.83. The number of carbonyl (C=O) groups is 2. The van der Waals surface area contributed by atoms with E-state index < -0.39 is 5.97 Å². The summed E-state index contributed by atoms with van der Waals surface area (Å²) < 4.78 is 7.05. The van der Waals surface area contributed by atoms with Crippen LogP contribution >= 0.6 is 11.3 Å². The Labute approximate surface area is 156 Å². The van der Waals surface area contributed by atoms with Gasteiger partial charge in [-0.25, -0.2) is 4.79 Å². The van der Waals surface area contributed by atoms with Crippen molar-refractivity contribution in [2.24, 2.45) is 0 Å². The first-order valence-corrected chi connectivity index (χ1v) is 9.45. The Morgan fingerprint density at radius 3 is 2.58 bits per heavy atom. The molecule has 0 radical (unpaired) electrons. The van der Waals surface area contributed by atoms with Crippen molar-refractivity contribution in [1.82, 2.24) is 9.88 Å². The van der Waals surface area contributed by atoms with E-state index in [1.807, 2.05) is 62.5 Å². The molecule has 2 heterocycles. The zero-order valence-electron chi connectivity index (χ0n) is 15.1. The standard InChI is InChI=1S/C20H22N2O3S/c1-13(2)25-20(24)17-11-16-9-10-26-19(16)22(17)12-18(23)21-14(3)15-7-5-4-6-8-15/h4-11,13-14H,12H2,1-3H3,(H,21,23). The molecule has 6 heteroatoms. The van der Waals surface area contributed by atoms with E-state index >= 15 is 0 Å². The molecule has 136 valence electrons. The van der Waals surface area contributed by atoms with E-state index in [0.717, 1.165) is 15.8 Å². The van der Waals surface area contributed by atoms with Gasteiger partial charge in [0.15, 0.2) is 0 Å². The van der Waals surface area contributed by atoms with Crippen molar-refractivity contribution < 1.29 is 14.3 Å². The van der Waals surface area contributed by atoms with Crippen molar-refractivity contribution in [1.29, 1.82) is 0 Å². The molecule has 0 aliphatic carbocycles. The van der Waals surface area contributed by atoms with Crippen LogP contribution < -0.4 is 5.32 Å². The summed E-state index contributed by atoms with van der Waals surface area (Å²) in [6, 6.07) is 13.4. The lowest BCUT2D eigenvalue weighted by molar-refractivity contribution is -0.122. The highest BCUT2D eigenvalue weighted by atomic mass is 32.1. The summed E-state index contributed by atoms with van der Waals surface area (Å²) in [6.07, 6.45) is -0.212. The molecule has 0 aliphatic rings. The van der Waals surface area contributed by atoms with Gasteiger partial charge in [-0.3, -0.25) is 4.79 Å². The number of nitrogens with zero attached hydrogens (tertiary/aromatic N) is 1. The summed E-state index contributed by atoms with van der Waals surface area (Å²) in [6.45, 7) is 5.63. The molecule has 1 amide bonds. The summed E-state index contributed by atoms with van der Waals surface area (Å²) >= 11 is 1.50. The number of nitrogens with one attached hydrogen (secondary N) is 1. The smallest absolute Gasteiger partial charge is 0.355 e. The number of rotatable bonds is 6. The van der Waals surface area contributed by atoms with E-state index in [4.69, 9.17) is 4.74 Å². The van der Waals surface area contributed by atoms with Gasteiger partial charge in [0.05, 0.1) is 12.1 Å². The van der Waals surface area contributed by atoms with Crippen LogP contribution in [0.3, 0.4) is 0 Å². The normalized spacial score (nSPS) is 12.3. The number of amides is 1. The van der Waals surface area contributed by atoms with Crippen LogP contribution in [0.4, 0.5) is 0 Å². The molecule has 1 N–H and O–H groups in total. The molecule has 0 saturated heterocycles. The Morgan fingerprint density at radius 1 is 1.15 bits per heavy atom. The van der Waals surface area contributed by atoms with Crippen LogP contribution in [0.2, 0.25) is 0 Å². The largest absolute Gasteiger partial charge is 0.458 e. The predicted octanol–water partition coefficient (Wildman–Crippen LogP) is 4.15. The third-order valence-corrected chi connectivity index (χ3v) is 4.98. The maximum atomic E-state index is 12.6. The SMILES string of the molecule is CC(C)OC(=O)c1cc2ccsc2n1CC(=O)NC(C)c1ccccc1. The minimum Gasteiger partial charge on any atom is -0.458 e. The zero-order chi connectivity index (χ0) is 18.7. The molecule has 5 nitrogen and oxygen atoms in total. The molecule has 2 aromatic heterocycles. The van der Waals surface area contributed by atoms with Crippen molar-refractivity contribution in [3.05, 3.63) is 59.1 Å². The average Bonchev–Trinajstić information content (AvgIpc) is 3.17. The van der Waals surface area contributed by atoms with Crippen molar-refractivity contribution in [3.8, 4) is 0 Å². The Morgan fingerprint density at radius 2 is 1.88 bits per heavy atom. The van der Waals surface area contributed by atoms with E-state index in [1.165, 1.54) is 11.3 Å². The molecule has 1 aromatic carbocycles. The fourth-order valence-corrected chi connectivity index (χ4v) is 3.73. The van der Waals surface area contributed by atoms with Gasteiger partial charge in [0.25, 0.3) is 0 Å². The van der Waals surface area contributed by atoms with Crippen LogP contribution in [0.5, 0.6) is 0 Å². The predicted molar refractivity (Wildman–Crippen MR) is 103 cm³/mol. The van der Waals surface area contributed by atoms with Gasteiger partial charge < -0.3 is 14.6 Å². The lowest BCUT2D eigenvalue weighted by Crippen LogP contribution is -2.31. The van der Waals surface area contributed by atoms with E-state index in [1.54, 1.807) is 10.6 Å². The molecule has 1 atom stereocenters. The highest BCUT2D eigenvalue weighted by Gasteiger charge is 2.21. The number of fused-ring (bicyclic) bond motifs is 1. The molecule has 3 aromatic rings. The lowest BCUT2D eigenvalue weighted by atomic mass is 10.1. The fraction of sp³-hybridized carbons (Fsp3) is 0.300. The Kier molecular flexibility index (Phi) is 5.42. The van der Waals surface area contributed by atoms with E-state index in [2.05, 4.69) is 5.32 Å². The second kappa shape index (κ2) is 7.74. The van der Waals surface area contributed by atoms with Gasteiger partial charge in [-0.2, -0.15) is 0 Å². The molecule has 0 spiro atoms. The third-order valence-electron chi connectivity index (χ3n) is 4.03. The van der Waals surface area contributed by atoms with Crippen LogP contribution in [0.15, 0.2) is 47.8 Å².